The molecule has 2 fully saturated rings. The Morgan fingerprint density at radius 2 is 2.04 bits per heavy atom. The van der Waals surface area contributed by atoms with Gasteiger partial charge in [-0.15, -0.1) is 11.3 Å². The molecule has 0 radical (unpaired) electrons. The van der Waals surface area contributed by atoms with Gasteiger partial charge in [-0.05, 0) is 62.3 Å². The van der Waals surface area contributed by atoms with Crippen LogP contribution in [0.5, 0.6) is 0 Å². The fraction of sp³-hybridized carbons (Fsp3) is 0.500. The van der Waals surface area contributed by atoms with Crippen molar-refractivity contribution in [3.05, 3.63) is 40.7 Å². The Morgan fingerprint density at radius 1 is 1.23 bits per heavy atom. The van der Waals surface area contributed by atoms with Crippen LogP contribution in [0.25, 0.3) is 0 Å². The van der Waals surface area contributed by atoms with Gasteiger partial charge in [-0.1, -0.05) is 12.8 Å². The number of aryl methyl sites for hydroxylation is 1. The average Bonchev–Trinajstić information content (AvgIpc) is 3.40. The van der Waals surface area contributed by atoms with Crippen molar-refractivity contribution in [1.29, 1.82) is 0 Å². The molecule has 2 aromatic heterocycles. The van der Waals surface area contributed by atoms with Gasteiger partial charge >= 0.3 is 0 Å². The average molecular weight is 372 g/mol. The van der Waals surface area contributed by atoms with Gasteiger partial charge in [-0.3, -0.25) is 9.59 Å². The summed E-state index contributed by atoms with van der Waals surface area (Å²) < 4.78 is 5.12. The van der Waals surface area contributed by atoms with Gasteiger partial charge < -0.3 is 14.6 Å². The maximum atomic E-state index is 13.2. The fourth-order valence-electron chi connectivity index (χ4n) is 4.34. The van der Waals surface area contributed by atoms with E-state index in [2.05, 4.69) is 10.2 Å². The normalized spacial score (nSPS) is 20.7. The molecular formula is C20H24N2O3S. The molecule has 0 bridgehead atoms. The van der Waals surface area contributed by atoms with Crippen molar-refractivity contribution >= 4 is 28.2 Å². The SMILES string of the molecule is Cc1cc(NC(=O)c2ccco2)sc1C(=O)N1CCCC1C1CCCC1. The number of thiophene rings is 1. The summed E-state index contributed by atoms with van der Waals surface area (Å²) >= 11 is 1.36. The van der Waals surface area contributed by atoms with Crippen LogP contribution in [-0.2, 0) is 0 Å². The van der Waals surface area contributed by atoms with Crippen LogP contribution in [0, 0.1) is 12.8 Å². The molecule has 5 nitrogen and oxygen atoms in total. The molecule has 1 aliphatic carbocycles. The lowest BCUT2D eigenvalue weighted by Crippen LogP contribution is -2.39. The zero-order chi connectivity index (χ0) is 18.1. The van der Waals surface area contributed by atoms with Crippen molar-refractivity contribution in [2.75, 3.05) is 11.9 Å². The Bertz CT molecular complexity index is 790. The molecule has 1 unspecified atom stereocenters. The quantitative estimate of drug-likeness (QED) is 0.846. The van der Waals surface area contributed by atoms with Gasteiger partial charge in [0.2, 0.25) is 0 Å². The number of carbonyl (C=O) groups excluding carboxylic acids is 2. The van der Waals surface area contributed by atoms with E-state index in [0.717, 1.165) is 29.8 Å². The van der Waals surface area contributed by atoms with Crippen LogP contribution in [0.15, 0.2) is 28.9 Å². The van der Waals surface area contributed by atoms with Gasteiger partial charge in [0.1, 0.15) is 0 Å². The minimum absolute atomic E-state index is 0.125. The number of nitrogens with one attached hydrogen (secondary N) is 1. The van der Waals surface area contributed by atoms with Crippen LogP contribution >= 0.6 is 11.3 Å². The molecule has 0 spiro atoms. The lowest BCUT2D eigenvalue weighted by Gasteiger charge is -2.29. The van der Waals surface area contributed by atoms with Gasteiger partial charge in [0.25, 0.3) is 11.8 Å². The Hall–Kier alpha value is -2.08. The lowest BCUT2D eigenvalue weighted by molar-refractivity contribution is 0.0693. The fourth-order valence-corrected chi connectivity index (χ4v) is 5.37. The highest BCUT2D eigenvalue weighted by Crippen LogP contribution is 2.37. The summed E-state index contributed by atoms with van der Waals surface area (Å²) in [5.74, 6) is 0.769. The molecule has 26 heavy (non-hydrogen) atoms. The number of hydrogen-bond acceptors (Lipinski definition) is 4. The zero-order valence-corrected chi connectivity index (χ0v) is 15.8. The molecule has 2 aromatic rings. The van der Waals surface area contributed by atoms with E-state index >= 15 is 0 Å². The summed E-state index contributed by atoms with van der Waals surface area (Å²) in [5, 5.41) is 3.52. The van der Waals surface area contributed by atoms with Crippen molar-refractivity contribution in [1.82, 2.24) is 4.90 Å². The first-order valence-electron chi connectivity index (χ1n) is 9.40. The standard InChI is InChI=1S/C20H24N2O3S/c1-13-12-17(21-19(23)16-9-5-11-25-16)26-18(13)20(24)22-10-4-8-15(22)14-6-2-3-7-14/h5,9,11-12,14-15H,2-4,6-8,10H2,1H3,(H,21,23). The maximum absolute atomic E-state index is 13.2. The van der Waals surface area contributed by atoms with Gasteiger partial charge in [-0.25, -0.2) is 0 Å². The second-order valence-electron chi connectivity index (χ2n) is 7.31. The van der Waals surface area contributed by atoms with E-state index in [1.165, 1.54) is 43.3 Å². The van der Waals surface area contributed by atoms with Crippen LogP contribution in [-0.4, -0.2) is 29.3 Å². The van der Waals surface area contributed by atoms with Crippen molar-refractivity contribution in [2.45, 2.75) is 51.5 Å². The number of hydrogen-bond donors (Lipinski definition) is 1. The number of furan rings is 1. The molecule has 1 saturated carbocycles. The number of rotatable bonds is 4. The van der Waals surface area contributed by atoms with E-state index in [4.69, 9.17) is 4.42 Å². The number of amides is 2. The van der Waals surface area contributed by atoms with Crippen LogP contribution in [0.4, 0.5) is 5.00 Å². The van der Waals surface area contributed by atoms with E-state index in [1.807, 2.05) is 13.0 Å². The maximum Gasteiger partial charge on any atom is 0.291 e. The van der Waals surface area contributed by atoms with Crippen LogP contribution in [0.2, 0.25) is 0 Å². The molecule has 138 valence electrons. The predicted molar refractivity (Wildman–Crippen MR) is 102 cm³/mol. The molecule has 2 aliphatic rings. The van der Waals surface area contributed by atoms with Crippen molar-refractivity contribution in [3.63, 3.8) is 0 Å². The molecule has 0 aromatic carbocycles. The van der Waals surface area contributed by atoms with Gasteiger partial charge in [0.05, 0.1) is 16.1 Å². The number of anilines is 1. The summed E-state index contributed by atoms with van der Waals surface area (Å²) in [6, 6.07) is 5.57. The third kappa shape index (κ3) is 3.30. The van der Waals surface area contributed by atoms with Crippen LogP contribution in [0.1, 0.15) is 64.3 Å². The molecule has 6 heteroatoms. The molecule has 1 atom stereocenters. The monoisotopic (exact) mass is 372 g/mol. The minimum Gasteiger partial charge on any atom is -0.459 e. The molecule has 4 rings (SSSR count). The lowest BCUT2D eigenvalue weighted by atomic mass is 9.96. The van der Waals surface area contributed by atoms with Gasteiger partial charge in [0, 0.05) is 12.6 Å². The number of likely N-dealkylation sites (tertiary alicyclic amines) is 1. The number of nitrogens with zero attached hydrogens (tertiary/aromatic N) is 1. The molecule has 3 heterocycles. The first-order valence-corrected chi connectivity index (χ1v) is 10.2. The van der Waals surface area contributed by atoms with E-state index in [1.54, 1.807) is 12.1 Å². The zero-order valence-electron chi connectivity index (χ0n) is 15.0. The topological polar surface area (TPSA) is 62.6 Å². The third-order valence-electron chi connectivity index (χ3n) is 5.60. The van der Waals surface area contributed by atoms with E-state index < -0.39 is 0 Å². The third-order valence-corrected chi connectivity index (χ3v) is 6.74. The molecule has 2 amide bonds. The first kappa shape index (κ1) is 17.3. The minimum atomic E-state index is -0.291. The summed E-state index contributed by atoms with van der Waals surface area (Å²) in [6.45, 7) is 2.79. The second-order valence-corrected chi connectivity index (χ2v) is 8.36. The summed E-state index contributed by atoms with van der Waals surface area (Å²) in [5.41, 5.74) is 0.923. The second kappa shape index (κ2) is 7.27. The highest BCUT2D eigenvalue weighted by Gasteiger charge is 2.37. The highest BCUT2D eigenvalue weighted by atomic mass is 32.1. The smallest absolute Gasteiger partial charge is 0.291 e. The molecule has 1 aliphatic heterocycles. The first-order chi connectivity index (χ1) is 12.6. The van der Waals surface area contributed by atoms with Gasteiger partial charge in [0.15, 0.2) is 5.76 Å². The van der Waals surface area contributed by atoms with Crippen molar-refractivity contribution < 1.29 is 14.0 Å². The molecule has 1 saturated heterocycles. The van der Waals surface area contributed by atoms with E-state index in [0.29, 0.717) is 17.0 Å². The van der Waals surface area contributed by atoms with E-state index in [-0.39, 0.29) is 17.6 Å². The Morgan fingerprint density at radius 3 is 2.77 bits per heavy atom. The Kier molecular flexibility index (Phi) is 4.85. The summed E-state index contributed by atoms with van der Waals surface area (Å²) in [4.78, 5) is 28.2. The van der Waals surface area contributed by atoms with Crippen molar-refractivity contribution in [2.24, 2.45) is 5.92 Å². The van der Waals surface area contributed by atoms with Gasteiger partial charge in [-0.2, -0.15) is 0 Å². The summed E-state index contributed by atoms with van der Waals surface area (Å²) in [6.07, 6.45) is 8.79. The highest BCUT2D eigenvalue weighted by molar-refractivity contribution is 7.18. The summed E-state index contributed by atoms with van der Waals surface area (Å²) in [7, 11) is 0. The largest absolute Gasteiger partial charge is 0.459 e. The van der Waals surface area contributed by atoms with Crippen LogP contribution in [0.3, 0.4) is 0 Å². The molecular weight excluding hydrogens is 348 g/mol. The van der Waals surface area contributed by atoms with Crippen LogP contribution < -0.4 is 5.32 Å². The van der Waals surface area contributed by atoms with E-state index in [9.17, 15) is 9.59 Å². The number of carbonyl (C=O) groups is 2. The Labute approximate surface area is 157 Å². The van der Waals surface area contributed by atoms with Crippen molar-refractivity contribution in [3.8, 4) is 0 Å². The predicted octanol–water partition coefficient (Wildman–Crippen LogP) is 4.70. The molecule has 1 N–H and O–H groups in total. The Balaban J connectivity index is 1.49.